The van der Waals surface area contributed by atoms with Crippen molar-refractivity contribution in [2.24, 2.45) is 11.8 Å². The number of carbonyl (C=O) groups is 3. The fourth-order valence-electron chi connectivity index (χ4n) is 1.63. The number of methoxy groups -OCH3 is 1. The third-order valence-electron chi connectivity index (χ3n) is 2.94. The number of ether oxygens (including phenoxy) is 1. The molecule has 0 amide bonds. The van der Waals surface area contributed by atoms with Crippen LogP contribution in [0.3, 0.4) is 0 Å². The van der Waals surface area contributed by atoms with E-state index in [0.29, 0.717) is 0 Å². The van der Waals surface area contributed by atoms with Gasteiger partial charge in [-0.1, -0.05) is 6.42 Å². The molecule has 0 bridgehead atoms. The number of hydrogen-bond acceptors (Lipinski definition) is 4. The first kappa shape index (κ1) is 11.9. The predicted octanol–water partition coefficient (Wildman–Crippen LogP) is 1.12. The van der Waals surface area contributed by atoms with E-state index in [9.17, 15) is 14.4 Å². The van der Waals surface area contributed by atoms with Crippen LogP contribution in [0.4, 0.5) is 0 Å². The molecule has 1 saturated carbocycles. The molecular formula is C11H16O4. The summed E-state index contributed by atoms with van der Waals surface area (Å²) < 4.78 is 4.49. The summed E-state index contributed by atoms with van der Waals surface area (Å²) >= 11 is 0. The van der Waals surface area contributed by atoms with Crippen molar-refractivity contribution < 1.29 is 19.1 Å². The fraction of sp³-hybridized carbons (Fsp3) is 0.727. The Morgan fingerprint density at radius 3 is 2.27 bits per heavy atom. The van der Waals surface area contributed by atoms with Gasteiger partial charge in [0.2, 0.25) is 0 Å². The van der Waals surface area contributed by atoms with Gasteiger partial charge in [-0.2, -0.15) is 0 Å². The minimum atomic E-state index is -0.900. The molecule has 1 aliphatic rings. The normalized spacial score (nSPS) is 17.7. The van der Waals surface area contributed by atoms with Gasteiger partial charge in [-0.05, 0) is 19.8 Å². The smallest absolute Gasteiger partial charge is 0.316 e. The molecule has 1 rings (SSSR count). The number of rotatable bonds is 5. The molecule has 1 unspecified atom stereocenters. The minimum Gasteiger partial charge on any atom is -0.468 e. The van der Waals surface area contributed by atoms with Crippen LogP contribution in [0, 0.1) is 11.8 Å². The molecule has 0 heterocycles. The highest BCUT2D eigenvalue weighted by molar-refractivity contribution is 6.01. The van der Waals surface area contributed by atoms with Crippen molar-refractivity contribution in [2.45, 2.75) is 32.6 Å². The first-order valence-corrected chi connectivity index (χ1v) is 5.17. The van der Waals surface area contributed by atoms with Gasteiger partial charge < -0.3 is 4.74 Å². The lowest BCUT2D eigenvalue weighted by Gasteiger charge is -2.24. The molecule has 0 spiro atoms. The van der Waals surface area contributed by atoms with Gasteiger partial charge in [-0.3, -0.25) is 14.4 Å². The van der Waals surface area contributed by atoms with Gasteiger partial charge in [0, 0.05) is 12.3 Å². The van der Waals surface area contributed by atoms with Crippen molar-refractivity contribution >= 4 is 17.5 Å². The monoisotopic (exact) mass is 212 g/mol. The third-order valence-corrected chi connectivity index (χ3v) is 2.94. The lowest BCUT2D eigenvalue weighted by atomic mass is 9.79. The van der Waals surface area contributed by atoms with Gasteiger partial charge >= 0.3 is 5.97 Å². The molecule has 1 aliphatic carbocycles. The standard InChI is InChI=1S/C11H16O4/c1-7(12)9(11(14)15-2)6-10(13)8-4-3-5-8/h8-9H,3-6H2,1-2H3. The zero-order valence-electron chi connectivity index (χ0n) is 9.12. The van der Waals surface area contributed by atoms with Crippen molar-refractivity contribution in [3.05, 3.63) is 0 Å². The summed E-state index contributed by atoms with van der Waals surface area (Å²) in [6.07, 6.45) is 2.86. The van der Waals surface area contributed by atoms with E-state index in [-0.39, 0.29) is 23.9 Å². The summed E-state index contributed by atoms with van der Waals surface area (Å²) in [7, 11) is 1.23. The Balaban J connectivity index is 2.53. The number of hydrogen-bond donors (Lipinski definition) is 0. The number of ketones is 2. The van der Waals surface area contributed by atoms with E-state index in [0.717, 1.165) is 19.3 Å². The van der Waals surface area contributed by atoms with Crippen molar-refractivity contribution in [3.8, 4) is 0 Å². The highest BCUT2D eigenvalue weighted by Gasteiger charge is 2.32. The molecule has 0 aromatic rings. The maximum absolute atomic E-state index is 11.6. The molecule has 0 aromatic carbocycles. The van der Waals surface area contributed by atoms with Crippen LogP contribution in [0.15, 0.2) is 0 Å². The predicted molar refractivity (Wildman–Crippen MR) is 53.2 cm³/mol. The summed E-state index contributed by atoms with van der Waals surface area (Å²) in [4.78, 5) is 34.0. The van der Waals surface area contributed by atoms with E-state index in [1.165, 1.54) is 14.0 Å². The Kier molecular flexibility index (Phi) is 4.00. The van der Waals surface area contributed by atoms with Gasteiger partial charge in [-0.25, -0.2) is 0 Å². The molecule has 0 saturated heterocycles. The van der Waals surface area contributed by atoms with E-state index >= 15 is 0 Å². The van der Waals surface area contributed by atoms with Crippen LogP contribution in [0.1, 0.15) is 32.6 Å². The lowest BCUT2D eigenvalue weighted by Crippen LogP contribution is -2.30. The molecule has 1 fully saturated rings. The van der Waals surface area contributed by atoms with Crippen LogP contribution in [0.2, 0.25) is 0 Å². The zero-order chi connectivity index (χ0) is 11.4. The average molecular weight is 212 g/mol. The Labute approximate surface area is 89.0 Å². The number of Topliss-reactive ketones (excluding diaryl/α,β-unsaturated/α-hetero) is 2. The van der Waals surface area contributed by atoms with Crippen LogP contribution in [0.5, 0.6) is 0 Å². The highest BCUT2D eigenvalue weighted by Crippen LogP contribution is 2.29. The van der Waals surface area contributed by atoms with Crippen LogP contribution >= 0.6 is 0 Å². The largest absolute Gasteiger partial charge is 0.468 e. The maximum atomic E-state index is 11.6. The number of carbonyl (C=O) groups excluding carboxylic acids is 3. The Hall–Kier alpha value is -1.19. The first-order chi connectivity index (χ1) is 7.06. The van der Waals surface area contributed by atoms with Crippen molar-refractivity contribution in [1.82, 2.24) is 0 Å². The molecule has 0 radical (unpaired) electrons. The van der Waals surface area contributed by atoms with E-state index in [1.807, 2.05) is 0 Å². The molecule has 4 heteroatoms. The molecule has 84 valence electrons. The topological polar surface area (TPSA) is 60.4 Å². The van der Waals surface area contributed by atoms with Crippen LogP contribution in [-0.4, -0.2) is 24.6 Å². The first-order valence-electron chi connectivity index (χ1n) is 5.17. The van der Waals surface area contributed by atoms with E-state index in [2.05, 4.69) is 4.74 Å². The second-order valence-corrected chi connectivity index (χ2v) is 3.98. The molecule has 0 N–H and O–H groups in total. The Morgan fingerprint density at radius 2 is 1.93 bits per heavy atom. The summed E-state index contributed by atoms with van der Waals surface area (Å²) in [5.41, 5.74) is 0. The molecule has 0 aliphatic heterocycles. The summed E-state index contributed by atoms with van der Waals surface area (Å²) in [6.45, 7) is 1.32. The van der Waals surface area contributed by atoms with E-state index < -0.39 is 11.9 Å². The van der Waals surface area contributed by atoms with Crippen molar-refractivity contribution in [2.75, 3.05) is 7.11 Å². The summed E-state index contributed by atoms with van der Waals surface area (Å²) in [5.74, 6) is -1.71. The van der Waals surface area contributed by atoms with Gasteiger partial charge in [0.1, 0.15) is 17.5 Å². The number of esters is 1. The van der Waals surface area contributed by atoms with Crippen molar-refractivity contribution in [1.29, 1.82) is 0 Å². The molecule has 1 atom stereocenters. The van der Waals surface area contributed by atoms with Crippen LogP contribution in [-0.2, 0) is 19.1 Å². The summed E-state index contributed by atoms with van der Waals surface area (Å²) in [5, 5.41) is 0. The quantitative estimate of drug-likeness (QED) is 0.506. The van der Waals surface area contributed by atoms with Crippen molar-refractivity contribution in [3.63, 3.8) is 0 Å². The SMILES string of the molecule is COC(=O)C(CC(=O)C1CCC1)C(C)=O. The van der Waals surface area contributed by atoms with Crippen LogP contribution in [0.25, 0.3) is 0 Å². The fourth-order valence-corrected chi connectivity index (χ4v) is 1.63. The zero-order valence-corrected chi connectivity index (χ0v) is 9.12. The minimum absolute atomic E-state index is 0.00662. The average Bonchev–Trinajstić information content (AvgIpc) is 2.09. The van der Waals surface area contributed by atoms with Gasteiger partial charge in [-0.15, -0.1) is 0 Å². The van der Waals surface area contributed by atoms with Gasteiger partial charge in [0.25, 0.3) is 0 Å². The Bertz CT molecular complexity index is 278. The second kappa shape index (κ2) is 5.05. The van der Waals surface area contributed by atoms with Gasteiger partial charge in [0.05, 0.1) is 7.11 Å². The molecule has 4 nitrogen and oxygen atoms in total. The van der Waals surface area contributed by atoms with Crippen LogP contribution < -0.4 is 0 Å². The van der Waals surface area contributed by atoms with E-state index in [1.54, 1.807) is 0 Å². The van der Waals surface area contributed by atoms with Gasteiger partial charge in [0.15, 0.2) is 0 Å². The summed E-state index contributed by atoms with van der Waals surface area (Å²) in [6, 6.07) is 0. The maximum Gasteiger partial charge on any atom is 0.316 e. The Morgan fingerprint density at radius 1 is 1.33 bits per heavy atom. The van der Waals surface area contributed by atoms with E-state index in [4.69, 9.17) is 0 Å². The highest BCUT2D eigenvalue weighted by atomic mass is 16.5. The second-order valence-electron chi connectivity index (χ2n) is 3.98. The lowest BCUT2D eigenvalue weighted by molar-refractivity contribution is -0.151. The molecule has 0 aromatic heterocycles. The molecular weight excluding hydrogens is 196 g/mol. The third kappa shape index (κ3) is 2.88. The molecule has 15 heavy (non-hydrogen) atoms.